The average Bonchev–Trinajstić information content (AvgIpc) is 3.19. The van der Waals surface area contributed by atoms with Crippen LogP contribution in [0.5, 0.6) is 0 Å². The first kappa shape index (κ1) is 22.0. The van der Waals surface area contributed by atoms with Crippen molar-refractivity contribution in [3.63, 3.8) is 0 Å². The smallest absolute Gasteiger partial charge is 0.291 e. The van der Waals surface area contributed by atoms with Crippen molar-refractivity contribution in [3.05, 3.63) is 47.9 Å². The third-order valence-corrected chi connectivity index (χ3v) is 5.39. The Kier molecular flexibility index (Phi) is 7.66. The second-order valence-corrected chi connectivity index (χ2v) is 7.45. The first-order chi connectivity index (χ1) is 13.0. The number of hydrogen-bond acceptors (Lipinski definition) is 4. The molecule has 0 spiro atoms. The van der Waals surface area contributed by atoms with E-state index in [4.69, 9.17) is 10.2 Å². The summed E-state index contributed by atoms with van der Waals surface area (Å²) in [5.74, 6) is -0.0532. The molecule has 0 aliphatic heterocycles. The van der Waals surface area contributed by atoms with Gasteiger partial charge in [-0.15, -0.1) is 12.4 Å². The summed E-state index contributed by atoms with van der Waals surface area (Å²) < 4.78 is 5.10. The quantitative estimate of drug-likeness (QED) is 0.659. The molecule has 1 aromatic carbocycles. The summed E-state index contributed by atoms with van der Waals surface area (Å²) in [6, 6.07) is 8.70. The van der Waals surface area contributed by atoms with Crippen LogP contribution < -0.4 is 16.4 Å². The van der Waals surface area contributed by atoms with E-state index in [9.17, 15) is 9.59 Å². The predicted octanol–water partition coefficient (Wildman–Crippen LogP) is 4.50. The lowest BCUT2D eigenvalue weighted by atomic mass is 9.71. The molecule has 0 saturated heterocycles. The second kappa shape index (κ2) is 9.75. The second-order valence-electron chi connectivity index (χ2n) is 7.45. The fourth-order valence-corrected chi connectivity index (χ4v) is 3.77. The molecule has 3 rings (SSSR count). The Labute approximate surface area is 171 Å². The van der Waals surface area contributed by atoms with Crippen LogP contribution in [0.2, 0.25) is 0 Å². The number of anilines is 2. The highest BCUT2D eigenvalue weighted by molar-refractivity contribution is 6.03. The lowest BCUT2D eigenvalue weighted by Crippen LogP contribution is -2.36. The van der Waals surface area contributed by atoms with Crippen LogP contribution in [0.25, 0.3) is 0 Å². The molecular formula is C21H28ClN3O3. The van der Waals surface area contributed by atoms with Crippen LogP contribution in [0.15, 0.2) is 41.0 Å². The van der Waals surface area contributed by atoms with Crippen LogP contribution in [0.3, 0.4) is 0 Å². The maximum Gasteiger partial charge on any atom is 0.291 e. The van der Waals surface area contributed by atoms with Crippen molar-refractivity contribution in [2.45, 2.75) is 45.4 Å². The van der Waals surface area contributed by atoms with Crippen molar-refractivity contribution in [2.75, 3.05) is 17.2 Å². The van der Waals surface area contributed by atoms with Crippen LogP contribution >= 0.6 is 12.4 Å². The summed E-state index contributed by atoms with van der Waals surface area (Å²) in [6.45, 7) is 2.44. The molecule has 1 fully saturated rings. The molecule has 2 amide bonds. The summed E-state index contributed by atoms with van der Waals surface area (Å²) >= 11 is 0. The molecular weight excluding hydrogens is 378 g/mol. The highest BCUT2D eigenvalue weighted by Crippen LogP contribution is 2.38. The Morgan fingerprint density at radius 3 is 2.50 bits per heavy atom. The number of benzene rings is 1. The van der Waals surface area contributed by atoms with E-state index in [2.05, 4.69) is 10.6 Å². The number of furan rings is 1. The van der Waals surface area contributed by atoms with Crippen molar-refractivity contribution in [3.8, 4) is 0 Å². The van der Waals surface area contributed by atoms with Crippen LogP contribution in [0.1, 0.15) is 54.6 Å². The summed E-state index contributed by atoms with van der Waals surface area (Å²) in [5, 5.41) is 5.78. The Hall–Kier alpha value is -2.31. The van der Waals surface area contributed by atoms with E-state index in [-0.39, 0.29) is 35.4 Å². The molecule has 1 aromatic heterocycles. The Bertz CT molecular complexity index is 799. The van der Waals surface area contributed by atoms with Gasteiger partial charge in [-0.05, 0) is 67.6 Å². The monoisotopic (exact) mass is 405 g/mol. The highest BCUT2D eigenvalue weighted by atomic mass is 35.5. The lowest BCUT2D eigenvalue weighted by Gasteiger charge is -2.35. The summed E-state index contributed by atoms with van der Waals surface area (Å²) in [6.07, 6.45) is 7.48. The zero-order valence-electron chi connectivity index (χ0n) is 16.1. The lowest BCUT2D eigenvalue weighted by molar-refractivity contribution is -0.118. The first-order valence-corrected chi connectivity index (χ1v) is 9.47. The molecule has 152 valence electrons. The van der Waals surface area contributed by atoms with Crippen molar-refractivity contribution in [1.82, 2.24) is 0 Å². The van der Waals surface area contributed by atoms with E-state index in [1.807, 2.05) is 13.0 Å². The topological polar surface area (TPSA) is 97.4 Å². The molecule has 6 nitrogen and oxygen atoms in total. The highest BCUT2D eigenvalue weighted by Gasteiger charge is 2.32. The van der Waals surface area contributed by atoms with Gasteiger partial charge in [0.15, 0.2) is 5.76 Å². The minimum Gasteiger partial charge on any atom is -0.459 e. The number of nitrogens with two attached hydrogens (primary N) is 1. The molecule has 1 heterocycles. The number of nitrogens with one attached hydrogen (secondary N) is 2. The summed E-state index contributed by atoms with van der Waals surface area (Å²) in [7, 11) is 0. The van der Waals surface area contributed by atoms with Gasteiger partial charge in [-0.3, -0.25) is 9.59 Å². The van der Waals surface area contributed by atoms with Crippen LogP contribution in [-0.2, 0) is 4.79 Å². The number of halogens is 1. The van der Waals surface area contributed by atoms with Crippen molar-refractivity contribution in [1.29, 1.82) is 0 Å². The van der Waals surface area contributed by atoms with Crippen molar-refractivity contribution < 1.29 is 14.0 Å². The fraction of sp³-hybridized carbons (Fsp3) is 0.429. The molecule has 7 heteroatoms. The van der Waals surface area contributed by atoms with E-state index >= 15 is 0 Å². The maximum absolute atomic E-state index is 12.5. The molecule has 0 unspecified atom stereocenters. The number of carbonyl (C=O) groups excluding carboxylic acids is 2. The molecule has 28 heavy (non-hydrogen) atoms. The molecule has 1 aliphatic carbocycles. The molecule has 1 saturated carbocycles. The SMILES string of the molecule is Cc1cc(NC(=O)CC2(CN)CCCCC2)ccc1NC(=O)c1ccco1.Cl. The van der Waals surface area contributed by atoms with Gasteiger partial charge in [0.1, 0.15) is 0 Å². The molecule has 0 radical (unpaired) electrons. The van der Waals surface area contributed by atoms with Gasteiger partial charge in [0.25, 0.3) is 5.91 Å². The summed E-state index contributed by atoms with van der Waals surface area (Å²) in [5.41, 5.74) is 8.18. The normalized spacial score (nSPS) is 15.4. The average molecular weight is 406 g/mol. The predicted molar refractivity (Wildman–Crippen MR) is 113 cm³/mol. The largest absolute Gasteiger partial charge is 0.459 e. The first-order valence-electron chi connectivity index (χ1n) is 9.47. The number of hydrogen-bond donors (Lipinski definition) is 3. The van der Waals surface area contributed by atoms with Gasteiger partial charge in [-0.2, -0.15) is 0 Å². The van der Waals surface area contributed by atoms with Crippen LogP contribution in [-0.4, -0.2) is 18.4 Å². The van der Waals surface area contributed by atoms with Gasteiger partial charge in [0, 0.05) is 17.8 Å². The van der Waals surface area contributed by atoms with Crippen LogP contribution in [0.4, 0.5) is 11.4 Å². The van der Waals surface area contributed by atoms with E-state index in [0.29, 0.717) is 18.7 Å². The number of aryl methyl sites for hydroxylation is 1. The van der Waals surface area contributed by atoms with Gasteiger partial charge < -0.3 is 20.8 Å². The molecule has 0 bridgehead atoms. The van der Waals surface area contributed by atoms with Crippen molar-refractivity contribution >= 4 is 35.6 Å². The van der Waals surface area contributed by atoms with E-state index in [0.717, 1.165) is 36.9 Å². The maximum atomic E-state index is 12.5. The third-order valence-electron chi connectivity index (χ3n) is 5.39. The van der Waals surface area contributed by atoms with Crippen LogP contribution in [0, 0.1) is 12.3 Å². The standard InChI is InChI=1S/C21H27N3O3.ClH/c1-15-12-16(7-8-17(15)24-20(26)18-6-5-11-27-18)23-19(25)13-21(14-22)9-3-2-4-10-21;/h5-8,11-12H,2-4,9-10,13-14,22H2,1H3,(H,23,25)(H,24,26);1H. The third kappa shape index (κ3) is 5.36. The van der Waals surface area contributed by atoms with Gasteiger partial charge in [0.2, 0.25) is 5.91 Å². The number of carbonyl (C=O) groups is 2. The van der Waals surface area contributed by atoms with Crippen molar-refractivity contribution in [2.24, 2.45) is 11.1 Å². The van der Waals surface area contributed by atoms with E-state index < -0.39 is 0 Å². The number of amides is 2. The Morgan fingerprint density at radius 1 is 1.14 bits per heavy atom. The van der Waals surface area contributed by atoms with Gasteiger partial charge >= 0.3 is 0 Å². The number of rotatable bonds is 6. The van der Waals surface area contributed by atoms with Gasteiger partial charge in [-0.1, -0.05) is 19.3 Å². The molecule has 1 aliphatic rings. The minimum atomic E-state index is -0.304. The zero-order valence-corrected chi connectivity index (χ0v) is 16.9. The van der Waals surface area contributed by atoms with E-state index in [1.165, 1.54) is 12.7 Å². The zero-order chi connectivity index (χ0) is 19.3. The molecule has 0 atom stereocenters. The molecule has 2 aromatic rings. The molecule has 4 N–H and O–H groups in total. The minimum absolute atomic E-state index is 0. The van der Waals surface area contributed by atoms with Gasteiger partial charge in [0.05, 0.1) is 6.26 Å². The van der Waals surface area contributed by atoms with E-state index in [1.54, 1.807) is 24.3 Å². The summed E-state index contributed by atoms with van der Waals surface area (Å²) in [4.78, 5) is 24.6. The Morgan fingerprint density at radius 2 is 1.89 bits per heavy atom. The van der Waals surface area contributed by atoms with Gasteiger partial charge in [-0.25, -0.2) is 0 Å². The Balaban J connectivity index is 0.00000280. The fourth-order valence-electron chi connectivity index (χ4n) is 3.77.